The fourth-order valence-electron chi connectivity index (χ4n) is 1.90. The summed E-state index contributed by atoms with van der Waals surface area (Å²) in [6.45, 7) is 11.5. The first-order valence-corrected chi connectivity index (χ1v) is 7.45. The lowest BCUT2D eigenvalue weighted by Crippen LogP contribution is -2.50. The van der Waals surface area contributed by atoms with Crippen LogP contribution in [-0.2, 0) is 4.79 Å². The second-order valence-electron chi connectivity index (χ2n) is 6.08. The highest BCUT2D eigenvalue weighted by Crippen LogP contribution is 2.26. The zero-order valence-corrected chi connectivity index (χ0v) is 12.5. The van der Waals surface area contributed by atoms with Gasteiger partial charge in [0.2, 0.25) is 5.91 Å². The average Bonchev–Trinajstić information content (AvgIpc) is 2.20. The minimum absolute atomic E-state index is 0.00491. The van der Waals surface area contributed by atoms with E-state index >= 15 is 0 Å². The molecule has 0 radical (unpaired) electrons. The molecule has 2 N–H and O–H groups in total. The van der Waals surface area contributed by atoms with Crippen molar-refractivity contribution in [2.75, 3.05) is 12.3 Å². The minimum Gasteiger partial charge on any atom is -0.338 e. The van der Waals surface area contributed by atoms with Gasteiger partial charge in [-0.3, -0.25) is 4.79 Å². The zero-order chi connectivity index (χ0) is 13.2. The fraction of sp³-hybridized carbons (Fsp3) is 0.923. The molecule has 1 heterocycles. The maximum atomic E-state index is 12.2. The van der Waals surface area contributed by atoms with Crippen LogP contribution in [0.3, 0.4) is 0 Å². The molecule has 0 saturated carbocycles. The van der Waals surface area contributed by atoms with E-state index in [9.17, 15) is 4.79 Å². The topological polar surface area (TPSA) is 46.3 Å². The molecule has 1 rings (SSSR count). The monoisotopic (exact) mass is 258 g/mol. The SMILES string of the molecule is CC1SCCN(C(=O)CC(N)C(C)(C)C)C1C. The molecule has 0 aromatic carbocycles. The van der Waals surface area contributed by atoms with Crippen LogP contribution in [0.25, 0.3) is 0 Å². The Morgan fingerprint density at radius 1 is 1.47 bits per heavy atom. The van der Waals surface area contributed by atoms with Gasteiger partial charge >= 0.3 is 0 Å². The first kappa shape index (κ1) is 14.8. The predicted molar refractivity (Wildman–Crippen MR) is 75.1 cm³/mol. The number of rotatable bonds is 2. The quantitative estimate of drug-likeness (QED) is 0.825. The molecule has 0 aromatic rings. The van der Waals surface area contributed by atoms with E-state index < -0.39 is 0 Å². The zero-order valence-electron chi connectivity index (χ0n) is 11.7. The summed E-state index contributed by atoms with van der Waals surface area (Å²) in [7, 11) is 0. The van der Waals surface area contributed by atoms with Gasteiger partial charge in [0.1, 0.15) is 0 Å². The molecular weight excluding hydrogens is 232 g/mol. The number of carbonyl (C=O) groups excluding carboxylic acids is 1. The molecule has 3 unspecified atom stereocenters. The molecule has 0 spiro atoms. The summed E-state index contributed by atoms with van der Waals surface area (Å²) in [5.41, 5.74) is 6.08. The van der Waals surface area contributed by atoms with Crippen LogP contribution >= 0.6 is 11.8 Å². The van der Waals surface area contributed by atoms with E-state index in [0.29, 0.717) is 17.7 Å². The van der Waals surface area contributed by atoms with E-state index in [-0.39, 0.29) is 17.4 Å². The van der Waals surface area contributed by atoms with Crippen LogP contribution in [0.15, 0.2) is 0 Å². The van der Waals surface area contributed by atoms with Gasteiger partial charge in [0.15, 0.2) is 0 Å². The molecule has 1 fully saturated rings. The van der Waals surface area contributed by atoms with E-state index in [1.807, 2.05) is 16.7 Å². The smallest absolute Gasteiger partial charge is 0.224 e. The minimum atomic E-state index is -0.0629. The first-order chi connectivity index (χ1) is 7.73. The van der Waals surface area contributed by atoms with Gasteiger partial charge in [0, 0.05) is 36.1 Å². The van der Waals surface area contributed by atoms with Crippen LogP contribution in [0.4, 0.5) is 0 Å². The third kappa shape index (κ3) is 3.88. The van der Waals surface area contributed by atoms with Crippen molar-refractivity contribution in [3.05, 3.63) is 0 Å². The highest BCUT2D eigenvalue weighted by Gasteiger charge is 2.31. The number of nitrogens with two attached hydrogens (primary N) is 1. The van der Waals surface area contributed by atoms with Crippen molar-refractivity contribution < 1.29 is 4.79 Å². The summed E-state index contributed by atoms with van der Waals surface area (Å²) in [6.07, 6.45) is 0.464. The van der Waals surface area contributed by atoms with Crippen molar-refractivity contribution in [2.45, 2.75) is 58.4 Å². The molecule has 4 heteroatoms. The normalized spacial score (nSPS) is 28.0. The summed E-state index contributed by atoms with van der Waals surface area (Å²) in [4.78, 5) is 14.3. The number of carbonyl (C=O) groups is 1. The Balaban J connectivity index is 2.58. The van der Waals surface area contributed by atoms with Gasteiger partial charge in [-0.15, -0.1) is 0 Å². The Bertz CT molecular complexity index is 275. The van der Waals surface area contributed by atoms with Crippen molar-refractivity contribution >= 4 is 17.7 Å². The lowest BCUT2D eigenvalue weighted by molar-refractivity contribution is -0.134. The maximum absolute atomic E-state index is 12.2. The number of hydrogen-bond donors (Lipinski definition) is 1. The Labute approximate surface area is 109 Å². The lowest BCUT2D eigenvalue weighted by Gasteiger charge is -2.39. The van der Waals surface area contributed by atoms with Crippen molar-refractivity contribution in [1.29, 1.82) is 0 Å². The van der Waals surface area contributed by atoms with Crippen molar-refractivity contribution in [3.8, 4) is 0 Å². The van der Waals surface area contributed by atoms with E-state index in [2.05, 4.69) is 34.6 Å². The number of thioether (sulfide) groups is 1. The molecule has 17 heavy (non-hydrogen) atoms. The molecule has 3 atom stereocenters. The fourth-order valence-corrected chi connectivity index (χ4v) is 3.00. The molecule has 0 bridgehead atoms. The third-order valence-electron chi connectivity index (χ3n) is 3.71. The number of nitrogens with zero attached hydrogens (tertiary/aromatic N) is 1. The Morgan fingerprint density at radius 2 is 2.06 bits per heavy atom. The van der Waals surface area contributed by atoms with E-state index in [4.69, 9.17) is 5.73 Å². The van der Waals surface area contributed by atoms with Crippen molar-refractivity contribution in [2.24, 2.45) is 11.1 Å². The predicted octanol–water partition coefficient (Wildman–Crippen LogP) is 2.10. The van der Waals surface area contributed by atoms with Gasteiger partial charge in [0.25, 0.3) is 0 Å². The lowest BCUT2D eigenvalue weighted by atomic mass is 9.85. The summed E-state index contributed by atoms with van der Waals surface area (Å²) >= 11 is 1.95. The molecule has 1 aliphatic heterocycles. The van der Waals surface area contributed by atoms with Gasteiger partial charge in [-0.25, -0.2) is 0 Å². The second kappa shape index (κ2) is 5.61. The summed E-state index contributed by atoms with van der Waals surface area (Å²) < 4.78 is 0. The van der Waals surface area contributed by atoms with Crippen LogP contribution in [-0.4, -0.2) is 40.4 Å². The van der Waals surface area contributed by atoms with Gasteiger partial charge in [-0.2, -0.15) is 11.8 Å². The van der Waals surface area contributed by atoms with Crippen LogP contribution in [0.2, 0.25) is 0 Å². The van der Waals surface area contributed by atoms with Crippen LogP contribution in [0.1, 0.15) is 41.0 Å². The van der Waals surface area contributed by atoms with E-state index in [0.717, 1.165) is 12.3 Å². The number of hydrogen-bond acceptors (Lipinski definition) is 3. The molecule has 0 aromatic heterocycles. The Hall–Kier alpha value is -0.220. The maximum Gasteiger partial charge on any atom is 0.224 e. The summed E-state index contributed by atoms with van der Waals surface area (Å²) in [6, 6.07) is 0.264. The van der Waals surface area contributed by atoms with Gasteiger partial charge in [-0.05, 0) is 12.3 Å². The van der Waals surface area contributed by atoms with Crippen LogP contribution < -0.4 is 5.73 Å². The molecule has 100 valence electrons. The van der Waals surface area contributed by atoms with Crippen molar-refractivity contribution in [1.82, 2.24) is 4.90 Å². The first-order valence-electron chi connectivity index (χ1n) is 6.40. The van der Waals surface area contributed by atoms with E-state index in [1.165, 1.54) is 0 Å². The third-order valence-corrected chi connectivity index (χ3v) is 5.05. The van der Waals surface area contributed by atoms with Crippen molar-refractivity contribution in [3.63, 3.8) is 0 Å². The number of amides is 1. The Morgan fingerprint density at radius 3 is 2.59 bits per heavy atom. The average molecular weight is 258 g/mol. The molecule has 1 saturated heterocycles. The van der Waals surface area contributed by atoms with Gasteiger partial charge in [-0.1, -0.05) is 27.7 Å². The van der Waals surface area contributed by atoms with Gasteiger partial charge < -0.3 is 10.6 Å². The molecule has 1 amide bonds. The highest BCUT2D eigenvalue weighted by atomic mass is 32.2. The Kier molecular flexibility index (Phi) is 4.90. The summed E-state index contributed by atoms with van der Waals surface area (Å²) in [5.74, 6) is 1.26. The van der Waals surface area contributed by atoms with E-state index in [1.54, 1.807) is 0 Å². The second-order valence-corrected chi connectivity index (χ2v) is 7.57. The highest BCUT2D eigenvalue weighted by molar-refractivity contribution is 8.00. The molecule has 3 nitrogen and oxygen atoms in total. The largest absolute Gasteiger partial charge is 0.338 e. The van der Waals surface area contributed by atoms with Crippen LogP contribution in [0.5, 0.6) is 0 Å². The van der Waals surface area contributed by atoms with Crippen LogP contribution in [0, 0.1) is 5.41 Å². The van der Waals surface area contributed by atoms with Gasteiger partial charge in [0.05, 0.1) is 0 Å². The summed E-state index contributed by atoms with van der Waals surface area (Å²) in [5, 5.41) is 0.526. The molecular formula is C13H26N2OS. The standard InChI is InChI=1S/C13H26N2OS/c1-9-10(2)17-7-6-15(9)12(16)8-11(14)13(3,4)5/h9-11H,6-8,14H2,1-5H3. The molecule has 0 aliphatic carbocycles. The molecule has 1 aliphatic rings.